The third kappa shape index (κ3) is 4.01. The van der Waals surface area contributed by atoms with Crippen LogP contribution in [0.4, 0.5) is 0 Å². The third-order valence-electron chi connectivity index (χ3n) is 6.24. The molecule has 30 heavy (non-hydrogen) atoms. The van der Waals surface area contributed by atoms with E-state index in [9.17, 15) is 9.90 Å². The molecule has 0 amide bonds. The SMILES string of the molecule is Cc1cc(O)c(CN2CCCC(C)C2)c2c1C(=O)/C(=C\c1ccc(C(C)C)cc1)O2. The van der Waals surface area contributed by atoms with Gasteiger partial charge >= 0.3 is 0 Å². The number of benzene rings is 2. The molecule has 1 saturated heterocycles. The number of Topliss-reactive ketones (excluding diaryl/α,β-unsaturated/α-hetero) is 1. The summed E-state index contributed by atoms with van der Waals surface area (Å²) in [6, 6.07) is 9.90. The Morgan fingerprint density at radius 2 is 2.00 bits per heavy atom. The number of aryl methyl sites for hydroxylation is 1. The first-order chi connectivity index (χ1) is 14.3. The molecule has 0 radical (unpaired) electrons. The standard InChI is InChI=1S/C26H31NO3/c1-16(2)20-9-7-19(8-10-20)13-23-25(29)24-18(4)12-22(28)21(26(24)30-23)15-27-11-5-6-17(3)14-27/h7-10,12-13,16-17,28H,5-6,11,14-15H2,1-4H3/b23-13+. The molecule has 0 spiro atoms. The first kappa shape index (κ1) is 20.7. The van der Waals surface area contributed by atoms with E-state index >= 15 is 0 Å². The minimum absolute atomic E-state index is 0.108. The van der Waals surface area contributed by atoms with Crippen LogP contribution in [0.25, 0.3) is 6.08 Å². The molecule has 4 rings (SSSR count). The van der Waals surface area contributed by atoms with E-state index in [4.69, 9.17) is 4.74 Å². The van der Waals surface area contributed by atoms with Crippen molar-refractivity contribution in [2.75, 3.05) is 13.1 Å². The van der Waals surface area contributed by atoms with E-state index in [1.165, 1.54) is 12.0 Å². The van der Waals surface area contributed by atoms with Crippen LogP contribution in [-0.4, -0.2) is 28.9 Å². The molecule has 0 aromatic heterocycles. The predicted octanol–water partition coefficient (Wildman–Crippen LogP) is 5.67. The number of hydrogen-bond donors (Lipinski definition) is 1. The van der Waals surface area contributed by atoms with Crippen molar-refractivity contribution in [2.24, 2.45) is 5.92 Å². The summed E-state index contributed by atoms with van der Waals surface area (Å²) in [5.74, 6) is 2.06. The molecule has 0 aliphatic carbocycles. The van der Waals surface area contributed by atoms with Crippen LogP contribution in [0.15, 0.2) is 36.1 Å². The number of aromatic hydroxyl groups is 1. The van der Waals surface area contributed by atoms with Crippen LogP contribution in [0.2, 0.25) is 0 Å². The number of likely N-dealkylation sites (tertiary alicyclic amines) is 1. The molecule has 2 aromatic carbocycles. The number of hydrogen-bond acceptors (Lipinski definition) is 4. The summed E-state index contributed by atoms with van der Waals surface area (Å²) in [6.07, 6.45) is 4.20. The number of fused-ring (bicyclic) bond motifs is 1. The maximum atomic E-state index is 13.1. The van der Waals surface area contributed by atoms with Crippen molar-refractivity contribution in [1.29, 1.82) is 0 Å². The predicted molar refractivity (Wildman–Crippen MR) is 120 cm³/mol. The van der Waals surface area contributed by atoms with E-state index in [-0.39, 0.29) is 11.5 Å². The van der Waals surface area contributed by atoms with E-state index < -0.39 is 0 Å². The van der Waals surface area contributed by atoms with E-state index in [2.05, 4.69) is 37.8 Å². The molecule has 4 heteroatoms. The Balaban J connectivity index is 1.65. The van der Waals surface area contributed by atoms with Gasteiger partial charge in [0, 0.05) is 13.1 Å². The van der Waals surface area contributed by atoms with Crippen molar-refractivity contribution in [1.82, 2.24) is 4.90 Å². The van der Waals surface area contributed by atoms with E-state index in [0.717, 1.165) is 36.2 Å². The van der Waals surface area contributed by atoms with Gasteiger partial charge in [-0.25, -0.2) is 0 Å². The molecule has 2 aliphatic rings. The molecule has 1 atom stereocenters. The monoisotopic (exact) mass is 405 g/mol. The van der Waals surface area contributed by atoms with Gasteiger partial charge in [0.15, 0.2) is 5.76 Å². The second-order valence-electron chi connectivity index (χ2n) is 9.14. The quantitative estimate of drug-likeness (QED) is 0.666. The summed E-state index contributed by atoms with van der Waals surface area (Å²) in [5, 5.41) is 10.7. The number of carbonyl (C=O) groups is 1. The molecule has 2 aliphatic heterocycles. The van der Waals surface area contributed by atoms with Crippen LogP contribution in [0.1, 0.15) is 72.1 Å². The fourth-order valence-electron chi connectivity index (χ4n) is 4.52. The van der Waals surface area contributed by atoms with Gasteiger partial charge in [-0.2, -0.15) is 0 Å². The van der Waals surface area contributed by atoms with Crippen LogP contribution in [0.3, 0.4) is 0 Å². The molecule has 1 unspecified atom stereocenters. The van der Waals surface area contributed by atoms with E-state index in [1.807, 2.05) is 19.1 Å². The highest BCUT2D eigenvalue weighted by atomic mass is 16.5. The van der Waals surface area contributed by atoms with Crippen molar-refractivity contribution in [2.45, 2.75) is 53.0 Å². The Hall–Kier alpha value is -2.59. The second-order valence-corrected chi connectivity index (χ2v) is 9.14. The topological polar surface area (TPSA) is 49.8 Å². The number of phenolic OH excluding ortho intramolecular Hbond substituents is 1. The number of rotatable bonds is 4. The molecular weight excluding hydrogens is 374 g/mol. The van der Waals surface area contributed by atoms with E-state index in [0.29, 0.717) is 35.5 Å². The number of piperidine rings is 1. The van der Waals surface area contributed by atoms with Gasteiger partial charge in [0.2, 0.25) is 5.78 Å². The lowest BCUT2D eigenvalue weighted by Crippen LogP contribution is -2.33. The highest BCUT2D eigenvalue weighted by Gasteiger charge is 2.34. The lowest BCUT2D eigenvalue weighted by Gasteiger charge is -2.31. The van der Waals surface area contributed by atoms with Crippen LogP contribution < -0.4 is 4.74 Å². The van der Waals surface area contributed by atoms with Crippen LogP contribution in [-0.2, 0) is 6.54 Å². The van der Waals surface area contributed by atoms with Gasteiger partial charge in [-0.3, -0.25) is 9.69 Å². The average molecular weight is 406 g/mol. The molecule has 4 nitrogen and oxygen atoms in total. The van der Waals surface area contributed by atoms with Crippen molar-refractivity contribution in [3.63, 3.8) is 0 Å². The first-order valence-corrected chi connectivity index (χ1v) is 11.0. The number of phenols is 1. The molecule has 0 bridgehead atoms. The number of ether oxygens (including phenoxy) is 1. The maximum Gasteiger partial charge on any atom is 0.232 e. The molecule has 0 saturated carbocycles. The smallest absolute Gasteiger partial charge is 0.232 e. The summed E-state index contributed by atoms with van der Waals surface area (Å²) < 4.78 is 6.09. The van der Waals surface area contributed by atoms with Gasteiger partial charge in [-0.05, 0) is 67.0 Å². The Morgan fingerprint density at radius 3 is 2.67 bits per heavy atom. The van der Waals surface area contributed by atoms with Crippen molar-refractivity contribution in [3.8, 4) is 11.5 Å². The Morgan fingerprint density at radius 1 is 1.27 bits per heavy atom. The number of allylic oxidation sites excluding steroid dienone is 1. The van der Waals surface area contributed by atoms with Gasteiger partial charge < -0.3 is 9.84 Å². The summed E-state index contributed by atoms with van der Waals surface area (Å²) in [4.78, 5) is 15.5. The molecule has 158 valence electrons. The molecule has 2 aromatic rings. The Bertz CT molecular complexity index is 988. The molecule has 1 fully saturated rings. The van der Waals surface area contributed by atoms with Gasteiger partial charge in [0.25, 0.3) is 0 Å². The normalized spacial score (nSPS) is 20.6. The lowest BCUT2D eigenvalue weighted by molar-refractivity contribution is 0.101. The highest BCUT2D eigenvalue weighted by molar-refractivity contribution is 6.15. The van der Waals surface area contributed by atoms with Crippen molar-refractivity contribution in [3.05, 3.63) is 63.9 Å². The third-order valence-corrected chi connectivity index (χ3v) is 6.24. The second kappa shape index (κ2) is 8.27. The zero-order valence-corrected chi connectivity index (χ0v) is 18.4. The van der Waals surface area contributed by atoms with Gasteiger partial charge in [-0.1, -0.05) is 45.0 Å². The fourth-order valence-corrected chi connectivity index (χ4v) is 4.52. The van der Waals surface area contributed by atoms with Gasteiger partial charge in [0.05, 0.1) is 11.1 Å². The molecule has 2 heterocycles. The summed E-state index contributed by atoms with van der Waals surface area (Å²) in [6.45, 7) is 11.0. The highest BCUT2D eigenvalue weighted by Crippen LogP contribution is 2.42. The van der Waals surface area contributed by atoms with Crippen LogP contribution in [0.5, 0.6) is 11.5 Å². The lowest BCUT2D eigenvalue weighted by atomic mass is 9.97. The number of carbonyl (C=O) groups excluding carboxylic acids is 1. The largest absolute Gasteiger partial charge is 0.507 e. The molecular formula is C26H31NO3. The van der Waals surface area contributed by atoms with Crippen LogP contribution in [0, 0.1) is 12.8 Å². The Labute approximate surface area is 179 Å². The zero-order chi connectivity index (χ0) is 21.4. The zero-order valence-electron chi connectivity index (χ0n) is 18.4. The average Bonchev–Trinajstić information content (AvgIpc) is 3.02. The van der Waals surface area contributed by atoms with Crippen LogP contribution >= 0.6 is 0 Å². The first-order valence-electron chi connectivity index (χ1n) is 11.0. The fraction of sp³-hybridized carbons (Fsp3) is 0.423. The number of nitrogens with zero attached hydrogens (tertiary/aromatic N) is 1. The minimum atomic E-state index is -0.108. The summed E-state index contributed by atoms with van der Waals surface area (Å²) >= 11 is 0. The Kier molecular flexibility index (Phi) is 5.70. The summed E-state index contributed by atoms with van der Waals surface area (Å²) in [5.41, 5.74) is 4.25. The molecule has 1 N–H and O–H groups in total. The summed E-state index contributed by atoms with van der Waals surface area (Å²) in [7, 11) is 0. The minimum Gasteiger partial charge on any atom is -0.507 e. The van der Waals surface area contributed by atoms with Crippen molar-refractivity contribution < 1.29 is 14.6 Å². The maximum absolute atomic E-state index is 13.1. The van der Waals surface area contributed by atoms with E-state index in [1.54, 1.807) is 12.1 Å². The van der Waals surface area contributed by atoms with Crippen molar-refractivity contribution >= 4 is 11.9 Å². The van der Waals surface area contributed by atoms with Gasteiger partial charge in [0.1, 0.15) is 11.5 Å². The van der Waals surface area contributed by atoms with Gasteiger partial charge in [-0.15, -0.1) is 0 Å². The number of ketones is 1.